The van der Waals surface area contributed by atoms with Crippen LogP contribution in [0.1, 0.15) is 54.2 Å². The van der Waals surface area contributed by atoms with Crippen LogP contribution in [0.15, 0.2) is 24.3 Å². The Bertz CT molecular complexity index is 1960. The molecule has 2 aliphatic rings. The molecule has 0 bridgehead atoms. The highest BCUT2D eigenvalue weighted by molar-refractivity contribution is 7.89. The molecule has 10 nitrogen and oxygen atoms in total. The van der Waals surface area contributed by atoms with E-state index < -0.39 is 22.6 Å². The third-order valence-corrected chi connectivity index (χ3v) is 12.5. The number of fused-ring (bicyclic) bond motifs is 2. The first-order valence-electron chi connectivity index (χ1n) is 16.3. The standard InChI is InChI=1S/C33H41F3N8O2S2/c1-5-30-39-31(28-15-26(16-33(34,35)36)47-32(28)40-30)38-24-8-10-42(11-9-24)19-23-6-7-29-27(22(23)3)14-25(17-37)44(29)18-21(2)43-13-12-41(4)48(45,46)20-43/h6-7,14-15,21,24H,5,8-13,16,18-20H2,1-4H3,(H,38,39,40)/t21-/m0/s1. The monoisotopic (exact) mass is 702 g/mol. The molecule has 0 amide bonds. The number of anilines is 1. The van der Waals surface area contributed by atoms with E-state index in [0.717, 1.165) is 60.3 Å². The van der Waals surface area contributed by atoms with Crippen molar-refractivity contribution >= 4 is 48.3 Å². The highest BCUT2D eigenvalue weighted by atomic mass is 32.2. The number of thiophene rings is 1. The highest BCUT2D eigenvalue weighted by Gasteiger charge is 2.32. The molecular formula is C33H41F3N8O2S2. The van der Waals surface area contributed by atoms with Gasteiger partial charge in [-0.1, -0.05) is 13.0 Å². The van der Waals surface area contributed by atoms with Crippen molar-refractivity contribution in [3.05, 3.63) is 51.8 Å². The second kappa shape index (κ2) is 13.5. The molecular weight excluding hydrogens is 662 g/mol. The van der Waals surface area contributed by atoms with Gasteiger partial charge in [0.1, 0.15) is 34.1 Å². The predicted octanol–water partition coefficient (Wildman–Crippen LogP) is 5.49. The molecule has 6 rings (SSSR count). The number of aryl methyl sites for hydroxylation is 2. The summed E-state index contributed by atoms with van der Waals surface area (Å²) >= 11 is 1.08. The van der Waals surface area contributed by atoms with Crippen LogP contribution in [0.3, 0.4) is 0 Å². The van der Waals surface area contributed by atoms with E-state index in [2.05, 4.69) is 45.3 Å². The average Bonchev–Trinajstić information content (AvgIpc) is 3.60. The van der Waals surface area contributed by atoms with Gasteiger partial charge in [-0.3, -0.25) is 9.80 Å². The Morgan fingerprint density at radius 1 is 1.12 bits per heavy atom. The Kier molecular flexibility index (Phi) is 9.76. The fourth-order valence-electron chi connectivity index (χ4n) is 6.73. The van der Waals surface area contributed by atoms with Crippen LogP contribution >= 0.6 is 11.3 Å². The molecule has 2 saturated heterocycles. The molecule has 1 N–H and O–H groups in total. The maximum absolute atomic E-state index is 13.1. The van der Waals surface area contributed by atoms with E-state index in [1.807, 2.05) is 29.4 Å². The lowest BCUT2D eigenvalue weighted by Crippen LogP contribution is -2.52. The number of likely N-dealkylation sites (tertiary alicyclic amines) is 1. The summed E-state index contributed by atoms with van der Waals surface area (Å²) in [6.07, 6.45) is -2.92. The number of hydrogen-bond donors (Lipinski definition) is 1. The number of nitriles is 1. The zero-order valence-electron chi connectivity index (χ0n) is 27.6. The van der Waals surface area contributed by atoms with Crippen LogP contribution < -0.4 is 5.32 Å². The zero-order valence-corrected chi connectivity index (χ0v) is 29.3. The normalized spacial score (nSPS) is 19.2. The van der Waals surface area contributed by atoms with Crippen LogP contribution in [0.25, 0.3) is 21.1 Å². The van der Waals surface area contributed by atoms with Gasteiger partial charge in [-0.25, -0.2) is 22.7 Å². The molecule has 4 aromatic rings. The van der Waals surface area contributed by atoms with Crippen molar-refractivity contribution in [2.75, 3.05) is 44.4 Å². The van der Waals surface area contributed by atoms with E-state index in [9.17, 15) is 26.9 Å². The van der Waals surface area contributed by atoms with Gasteiger partial charge in [0.2, 0.25) is 10.0 Å². The number of rotatable bonds is 9. The van der Waals surface area contributed by atoms with Gasteiger partial charge in [0.05, 0.1) is 11.8 Å². The van der Waals surface area contributed by atoms with Crippen molar-refractivity contribution < 1.29 is 21.6 Å². The number of alkyl halides is 3. The molecule has 15 heteroatoms. The van der Waals surface area contributed by atoms with E-state index in [4.69, 9.17) is 0 Å². The summed E-state index contributed by atoms with van der Waals surface area (Å²) in [5, 5.41) is 15.2. The molecule has 0 unspecified atom stereocenters. The maximum atomic E-state index is 13.1. The minimum Gasteiger partial charge on any atom is -0.367 e. The number of halogens is 3. The molecule has 5 heterocycles. The van der Waals surface area contributed by atoms with Crippen LogP contribution in [0.4, 0.5) is 19.0 Å². The van der Waals surface area contributed by atoms with Crippen molar-refractivity contribution in [2.24, 2.45) is 0 Å². The molecule has 48 heavy (non-hydrogen) atoms. The van der Waals surface area contributed by atoms with E-state index >= 15 is 0 Å². The van der Waals surface area contributed by atoms with Crippen LogP contribution in [0, 0.1) is 18.3 Å². The smallest absolute Gasteiger partial charge is 0.367 e. The molecule has 2 aliphatic heterocycles. The molecule has 1 atom stereocenters. The molecule has 1 aromatic carbocycles. The topological polar surface area (TPSA) is 110 Å². The average molecular weight is 703 g/mol. The minimum absolute atomic E-state index is 0.0266. The number of sulfonamides is 1. The van der Waals surface area contributed by atoms with Gasteiger partial charge in [-0.2, -0.15) is 18.4 Å². The van der Waals surface area contributed by atoms with Crippen LogP contribution in [-0.4, -0.2) is 94.4 Å². The summed E-state index contributed by atoms with van der Waals surface area (Å²) < 4.78 is 67.6. The Hall–Kier alpha value is -3.29. The van der Waals surface area contributed by atoms with Gasteiger partial charge in [0.15, 0.2) is 0 Å². The molecule has 2 fully saturated rings. The number of piperidine rings is 1. The van der Waals surface area contributed by atoms with E-state index in [1.165, 1.54) is 9.87 Å². The summed E-state index contributed by atoms with van der Waals surface area (Å²) in [4.78, 5) is 14.3. The summed E-state index contributed by atoms with van der Waals surface area (Å²) in [5.74, 6) is 1.20. The molecule has 3 aromatic heterocycles. The van der Waals surface area contributed by atoms with Crippen molar-refractivity contribution in [3.63, 3.8) is 0 Å². The lowest BCUT2D eigenvalue weighted by Gasteiger charge is -2.36. The van der Waals surface area contributed by atoms with Crippen molar-refractivity contribution in [1.29, 1.82) is 5.26 Å². The predicted molar refractivity (Wildman–Crippen MR) is 182 cm³/mol. The van der Waals surface area contributed by atoms with Crippen molar-refractivity contribution in [3.8, 4) is 6.07 Å². The van der Waals surface area contributed by atoms with Crippen molar-refractivity contribution in [1.82, 2.24) is 28.6 Å². The van der Waals surface area contributed by atoms with E-state index in [-0.39, 0.29) is 22.8 Å². The SMILES string of the molecule is CCc1nc(NC2CCN(Cc3ccc4c(cc(C#N)n4C[C@H](C)N4CCN(C)S(=O)(=O)C4)c3C)CC2)c2cc(CC(F)(F)F)sc2n1. The fourth-order valence-corrected chi connectivity index (χ4v) is 9.17. The lowest BCUT2D eigenvalue weighted by atomic mass is 10.0. The van der Waals surface area contributed by atoms with Gasteiger partial charge >= 0.3 is 6.18 Å². The number of nitrogens with one attached hydrogen (secondary N) is 1. The quantitative estimate of drug-likeness (QED) is 0.244. The third kappa shape index (κ3) is 7.33. The Morgan fingerprint density at radius 3 is 2.54 bits per heavy atom. The fraction of sp³-hybridized carbons (Fsp3) is 0.545. The number of hydrogen-bond acceptors (Lipinski definition) is 9. The first kappa shape index (κ1) is 34.6. The Labute approximate surface area is 283 Å². The summed E-state index contributed by atoms with van der Waals surface area (Å²) in [6, 6.07) is 10.1. The van der Waals surface area contributed by atoms with Gasteiger partial charge in [-0.05, 0) is 56.0 Å². The summed E-state index contributed by atoms with van der Waals surface area (Å²) in [6.45, 7) is 10.1. The largest absolute Gasteiger partial charge is 0.393 e. The molecule has 258 valence electrons. The summed E-state index contributed by atoms with van der Waals surface area (Å²) in [5.41, 5.74) is 3.84. The maximum Gasteiger partial charge on any atom is 0.393 e. The number of benzene rings is 1. The van der Waals surface area contributed by atoms with E-state index in [1.54, 1.807) is 13.1 Å². The van der Waals surface area contributed by atoms with Gasteiger partial charge in [0.25, 0.3) is 0 Å². The van der Waals surface area contributed by atoms with Crippen molar-refractivity contribution in [2.45, 2.75) is 77.8 Å². The summed E-state index contributed by atoms with van der Waals surface area (Å²) in [7, 11) is -1.71. The number of nitrogens with zero attached hydrogens (tertiary/aromatic N) is 7. The minimum atomic E-state index is -4.27. The third-order valence-electron chi connectivity index (χ3n) is 9.66. The molecule has 0 spiro atoms. The van der Waals surface area contributed by atoms with Crippen LogP contribution in [0.2, 0.25) is 0 Å². The van der Waals surface area contributed by atoms with Gasteiger partial charge in [-0.15, -0.1) is 11.3 Å². The van der Waals surface area contributed by atoms with Gasteiger partial charge < -0.3 is 9.88 Å². The first-order chi connectivity index (χ1) is 22.7. The number of aromatic nitrogens is 3. The van der Waals surface area contributed by atoms with E-state index in [0.29, 0.717) is 53.6 Å². The van der Waals surface area contributed by atoms with Crippen LogP contribution in [0.5, 0.6) is 0 Å². The Balaban J connectivity index is 1.12. The molecule has 0 aliphatic carbocycles. The Morgan fingerprint density at radius 2 is 1.88 bits per heavy atom. The number of likely N-dealkylation sites (N-methyl/N-ethyl adjacent to an activating group) is 1. The second-order valence-electron chi connectivity index (χ2n) is 13.0. The lowest BCUT2D eigenvalue weighted by molar-refractivity contribution is -0.126. The first-order valence-corrected chi connectivity index (χ1v) is 18.7. The van der Waals surface area contributed by atoms with Crippen LogP contribution in [-0.2, 0) is 36.0 Å². The highest BCUT2D eigenvalue weighted by Crippen LogP contribution is 2.34. The molecule has 0 saturated carbocycles. The van der Waals surface area contributed by atoms with Gasteiger partial charge in [0, 0.05) is 80.6 Å². The molecule has 0 radical (unpaired) electrons. The zero-order chi connectivity index (χ0) is 34.4. The second-order valence-corrected chi connectivity index (χ2v) is 16.2.